The van der Waals surface area contributed by atoms with Crippen molar-refractivity contribution in [2.75, 3.05) is 52.5 Å². The molecule has 136 valence electrons. The first-order valence-corrected chi connectivity index (χ1v) is 8.96. The van der Waals surface area contributed by atoms with E-state index in [0.717, 1.165) is 38.5 Å². The van der Waals surface area contributed by atoms with Crippen LogP contribution in [0.1, 0.15) is 30.9 Å². The molecule has 5 nitrogen and oxygen atoms in total. The van der Waals surface area contributed by atoms with Crippen LogP contribution >= 0.6 is 0 Å². The Morgan fingerprint density at radius 1 is 1.12 bits per heavy atom. The van der Waals surface area contributed by atoms with Gasteiger partial charge in [-0.1, -0.05) is 26.0 Å². The lowest BCUT2D eigenvalue weighted by molar-refractivity contribution is 0.0426. The first kappa shape index (κ1) is 19.2. The molecule has 1 aliphatic heterocycles. The van der Waals surface area contributed by atoms with Crippen LogP contribution in [0.2, 0.25) is 0 Å². The van der Waals surface area contributed by atoms with Gasteiger partial charge in [-0.15, -0.1) is 0 Å². The molecule has 1 saturated heterocycles. The van der Waals surface area contributed by atoms with E-state index < -0.39 is 6.10 Å². The number of β-amino-alcohol motifs (C(OH)–C–C–N with tert-alkyl or cyclic N) is 2. The van der Waals surface area contributed by atoms with Crippen LogP contribution < -0.4 is 4.74 Å². The van der Waals surface area contributed by atoms with Crippen molar-refractivity contribution < 1.29 is 14.9 Å². The number of piperazine rings is 1. The molecular weight excluding hydrogens is 304 g/mol. The summed E-state index contributed by atoms with van der Waals surface area (Å²) in [5, 5.41) is 19.3. The fraction of sp³-hybridized carbons (Fsp3) is 0.684. The van der Waals surface area contributed by atoms with Crippen molar-refractivity contribution in [3.05, 3.63) is 29.3 Å². The van der Waals surface area contributed by atoms with Gasteiger partial charge in [0.25, 0.3) is 0 Å². The summed E-state index contributed by atoms with van der Waals surface area (Å²) in [5.74, 6) is 1.29. The minimum absolute atomic E-state index is 0.213. The number of aliphatic hydroxyl groups excluding tert-OH is 2. The second-order valence-electron chi connectivity index (χ2n) is 7.03. The molecular formula is C19H32N2O3. The molecule has 2 rings (SSSR count). The monoisotopic (exact) mass is 336 g/mol. The number of aliphatic hydroxyl groups is 2. The van der Waals surface area contributed by atoms with Gasteiger partial charge in [-0.05, 0) is 30.0 Å². The van der Waals surface area contributed by atoms with E-state index in [1.165, 1.54) is 11.1 Å². The third kappa shape index (κ3) is 5.74. The molecule has 0 bridgehead atoms. The van der Waals surface area contributed by atoms with Gasteiger partial charge < -0.3 is 14.9 Å². The topological polar surface area (TPSA) is 56.2 Å². The van der Waals surface area contributed by atoms with Gasteiger partial charge in [0.2, 0.25) is 0 Å². The summed E-state index contributed by atoms with van der Waals surface area (Å²) in [7, 11) is 0. The van der Waals surface area contributed by atoms with Gasteiger partial charge in [-0.3, -0.25) is 9.80 Å². The largest absolute Gasteiger partial charge is 0.491 e. The fourth-order valence-corrected chi connectivity index (χ4v) is 3.12. The molecule has 0 radical (unpaired) electrons. The molecule has 24 heavy (non-hydrogen) atoms. The van der Waals surface area contributed by atoms with Crippen LogP contribution in [-0.2, 0) is 0 Å². The molecule has 1 aliphatic rings. The number of aryl methyl sites for hydroxylation is 1. The highest BCUT2D eigenvalue weighted by Gasteiger charge is 2.19. The molecule has 0 amide bonds. The predicted octanol–water partition coefficient (Wildman–Crippen LogP) is 1.47. The first-order chi connectivity index (χ1) is 11.5. The molecule has 1 atom stereocenters. The maximum Gasteiger partial charge on any atom is 0.123 e. The zero-order chi connectivity index (χ0) is 17.5. The van der Waals surface area contributed by atoms with Crippen LogP contribution in [0.4, 0.5) is 0 Å². The third-order valence-electron chi connectivity index (χ3n) is 4.57. The van der Waals surface area contributed by atoms with Gasteiger partial charge in [-0.25, -0.2) is 0 Å². The minimum atomic E-state index is -0.491. The van der Waals surface area contributed by atoms with Gasteiger partial charge in [0, 0.05) is 39.3 Å². The Bertz CT molecular complexity index is 499. The van der Waals surface area contributed by atoms with Crippen molar-refractivity contribution in [2.24, 2.45) is 0 Å². The van der Waals surface area contributed by atoms with Crippen molar-refractivity contribution in [3.63, 3.8) is 0 Å². The molecule has 0 saturated carbocycles. The van der Waals surface area contributed by atoms with Crippen molar-refractivity contribution >= 4 is 0 Å². The number of ether oxygens (including phenoxy) is 1. The normalized spacial score (nSPS) is 18.1. The van der Waals surface area contributed by atoms with Crippen molar-refractivity contribution in [2.45, 2.75) is 32.8 Å². The quantitative estimate of drug-likeness (QED) is 0.753. The van der Waals surface area contributed by atoms with Crippen molar-refractivity contribution in [1.82, 2.24) is 9.80 Å². The second-order valence-corrected chi connectivity index (χ2v) is 7.03. The van der Waals surface area contributed by atoms with E-state index in [1.807, 2.05) is 0 Å². The Morgan fingerprint density at radius 2 is 1.79 bits per heavy atom. The Labute approximate surface area is 145 Å². The second kappa shape index (κ2) is 9.37. The summed E-state index contributed by atoms with van der Waals surface area (Å²) < 4.78 is 5.92. The Morgan fingerprint density at radius 3 is 2.42 bits per heavy atom. The van der Waals surface area contributed by atoms with E-state index in [-0.39, 0.29) is 6.61 Å². The maximum atomic E-state index is 10.3. The van der Waals surface area contributed by atoms with Gasteiger partial charge in [0.05, 0.1) is 6.61 Å². The molecule has 1 aromatic rings. The van der Waals surface area contributed by atoms with E-state index in [0.29, 0.717) is 19.1 Å². The highest BCUT2D eigenvalue weighted by atomic mass is 16.5. The smallest absolute Gasteiger partial charge is 0.123 e. The Kier molecular flexibility index (Phi) is 7.49. The summed E-state index contributed by atoms with van der Waals surface area (Å²) >= 11 is 0. The molecule has 1 fully saturated rings. The molecule has 0 spiro atoms. The summed E-state index contributed by atoms with van der Waals surface area (Å²) in [5.41, 5.74) is 2.36. The van der Waals surface area contributed by atoms with Crippen LogP contribution in [0.15, 0.2) is 18.2 Å². The average Bonchev–Trinajstić information content (AvgIpc) is 2.55. The summed E-state index contributed by atoms with van der Waals surface area (Å²) in [6.07, 6.45) is -0.491. The molecule has 1 aromatic carbocycles. The molecule has 1 heterocycles. The molecule has 1 unspecified atom stereocenters. The highest BCUT2D eigenvalue weighted by molar-refractivity contribution is 5.39. The zero-order valence-corrected chi connectivity index (χ0v) is 15.2. The van der Waals surface area contributed by atoms with Crippen LogP contribution in [0.5, 0.6) is 5.75 Å². The summed E-state index contributed by atoms with van der Waals surface area (Å²) in [6.45, 7) is 12.0. The van der Waals surface area contributed by atoms with E-state index in [4.69, 9.17) is 9.84 Å². The number of nitrogens with zero attached hydrogens (tertiary/aromatic N) is 2. The molecule has 2 N–H and O–H groups in total. The zero-order valence-electron chi connectivity index (χ0n) is 15.2. The number of hydrogen-bond donors (Lipinski definition) is 2. The summed E-state index contributed by atoms with van der Waals surface area (Å²) in [4.78, 5) is 4.52. The number of rotatable bonds is 8. The van der Waals surface area contributed by atoms with Crippen LogP contribution in [-0.4, -0.2) is 78.6 Å². The Balaban J connectivity index is 1.80. The van der Waals surface area contributed by atoms with Gasteiger partial charge >= 0.3 is 0 Å². The SMILES string of the molecule is Cc1ccc(C(C)C)c(OCC(O)CN2CCN(CCO)CC2)c1. The number of hydrogen-bond acceptors (Lipinski definition) is 5. The van der Waals surface area contributed by atoms with E-state index in [1.54, 1.807) is 0 Å². The Hall–Kier alpha value is -1.14. The van der Waals surface area contributed by atoms with Gasteiger partial charge in [-0.2, -0.15) is 0 Å². The van der Waals surface area contributed by atoms with Crippen LogP contribution in [0.25, 0.3) is 0 Å². The highest BCUT2D eigenvalue weighted by Crippen LogP contribution is 2.27. The van der Waals surface area contributed by atoms with Crippen LogP contribution in [0, 0.1) is 6.92 Å². The van der Waals surface area contributed by atoms with E-state index in [9.17, 15) is 5.11 Å². The van der Waals surface area contributed by atoms with Gasteiger partial charge in [0.15, 0.2) is 0 Å². The maximum absolute atomic E-state index is 10.3. The number of benzene rings is 1. The summed E-state index contributed by atoms with van der Waals surface area (Å²) in [6, 6.07) is 6.27. The average molecular weight is 336 g/mol. The lowest BCUT2D eigenvalue weighted by Crippen LogP contribution is -2.49. The minimum Gasteiger partial charge on any atom is -0.491 e. The molecule has 0 aromatic heterocycles. The van der Waals surface area contributed by atoms with E-state index in [2.05, 4.69) is 48.8 Å². The predicted molar refractivity (Wildman–Crippen MR) is 96.7 cm³/mol. The fourth-order valence-electron chi connectivity index (χ4n) is 3.12. The molecule has 5 heteroatoms. The first-order valence-electron chi connectivity index (χ1n) is 8.96. The van der Waals surface area contributed by atoms with E-state index >= 15 is 0 Å². The standard InChI is InChI=1S/C19H32N2O3/c1-15(2)18-5-4-16(3)12-19(18)24-14-17(23)13-21-8-6-20(7-9-21)10-11-22/h4-5,12,15,17,22-23H,6-11,13-14H2,1-3H3. The van der Waals surface area contributed by atoms with Crippen LogP contribution in [0.3, 0.4) is 0 Å². The van der Waals surface area contributed by atoms with Gasteiger partial charge in [0.1, 0.15) is 18.5 Å². The third-order valence-corrected chi connectivity index (χ3v) is 4.57. The lowest BCUT2D eigenvalue weighted by Gasteiger charge is -2.35. The molecule has 0 aliphatic carbocycles. The lowest BCUT2D eigenvalue weighted by atomic mass is 10.0. The van der Waals surface area contributed by atoms with Crippen molar-refractivity contribution in [1.29, 1.82) is 0 Å². The van der Waals surface area contributed by atoms with Crippen molar-refractivity contribution in [3.8, 4) is 5.75 Å².